The van der Waals surface area contributed by atoms with E-state index in [-0.39, 0.29) is 24.5 Å². The summed E-state index contributed by atoms with van der Waals surface area (Å²) in [6.07, 6.45) is 2.40. The largest absolute Gasteiger partial charge is 0.488 e. The molecule has 4 heterocycles. The predicted octanol–water partition coefficient (Wildman–Crippen LogP) is 2.48. The summed E-state index contributed by atoms with van der Waals surface area (Å²) in [5.41, 5.74) is 3.92. The molecule has 3 atom stereocenters. The Morgan fingerprint density at radius 3 is 2.50 bits per heavy atom. The van der Waals surface area contributed by atoms with Crippen molar-refractivity contribution in [1.29, 1.82) is 0 Å². The van der Waals surface area contributed by atoms with Gasteiger partial charge in [-0.25, -0.2) is 4.79 Å². The van der Waals surface area contributed by atoms with E-state index in [4.69, 9.17) is 4.74 Å². The smallest absolute Gasteiger partial charge is 0.315 e. The van der Waals surface area contributed by atoms with E-state index in [0.29, 0.717) is 59.8 Å². The van der Waals surface area contributed by atoms with Crippen LogP contribution in [0.25, 0.3) is 0 Å². The highest BCUT2D eigenvalue weighted by Gasteiger charge is 2.42. The number of fused-ring (bicyclic) bond motifs is 2. The van der Waals surface area contributed by atoms with E-state index in [1.807, 2.05) is 18.2 Å². The molecule has 2 N–H and O–H groups in total. The molecule has 1 aromatic heterocycles. The van der Waals surface area contributed by atoms with Gasteiger partial charge in [-0.3, -0.25) is 29.1 Å². The van der Waals surface area contributed by atoms with Crippen molar-refractivity contribution in [2.45, 2.75) is 38.0 Å². The number of likely N-dealkylation sites (tertiary alicyclic amines) is 1. The summed E-state index contributed by atoms with van der Waals surface area (Å²) < 4.78 is 6.54. The summed E-state index contributed by atoms with van der Waals surface area (Å²) in [4.78, 5) is 74.7. The third kappa shape index (κ3) is 5.39. The maximum atomic E-state index is 13.8. The molecule has 1 fully saturated rings. The zero-order chi connectivity index (χ0) is 31.0. The maximum Gasteiger partial charge on any atom is 0.315 e. The van der Waals surface area contributed by atoms with Crippen LogP contribution in [0.3, 0.4) is 0 Å². The fourth-order valence-electron chi connectivity index (χ4n) is 6.12. The van der Waals surface area contributed by atoms with Crippen molar-refractivity contribution in [2.75, 3.05) is 33.2 Å². The lowest BCUT2D eigenvalue weighted by Crippen LogP contribution is -2.53. The topological polar surface area (TPSA) is 141 Å². The number of aromatic nitrogens is 1. The third-order valence-corrected chi connectivity index (χ3v) is 9.08. The number of thiazole rings is 1. The van der Waals surface area contributed by atoms with Crippen LogP contribution in [0.4, 0.5) is 4.79 Å². The van der Waals surface area contributed by atoms with Crippen LogP contribution < -0.4 is 15.4 Å². The molecular weight excluding hydrogens is 584 g/mol. The molecule has 3 aliphatic heterocycles. The molecule has 6 amide bonds. The second-order valence-corrected chi connectivity index (χ2v) is 11.9. The Morgan fingerprint density at radius 1 is 1.07 bits per heavy atom. The lowest BCUT2D eigenvalue weighted by atomic mass is 9.90. The monoisotopic (exact) mass is 616 g/mol. The molecular formula is C31H32N6O6S. The number of carbonyl (C=O) groups excluding carboxylic acids is 5. The Hall–Kier alpha value is -4.78. The third-order valence-electron chi connectivity index (χ3n) is 8.32. The number of nitrogens with zero attached hydrogens (tertiary/aromatic N) is 4. The second-order valence-electron chi connectivity index (χ2n) is 11.0. The molecule has 0 radical (unpaired) electrons. The van der Waals surface area contributed by atoms with E-state index >= 15 is 0 Å². The van der Waals surface area contributed by atoms with Gasteiger partial charge in [0.15, 0.2) is 0 Å². The van der Waals surface area contributed by atoms with Crippen LogP contribution in [-0.4, -0.2) is 94.7 Å². The standard InChI is InChI=1S/C31H32N6O6S/c1-18(34-31(42)32-2)27(38)36-13-10-19-6-5-9-24(43-20-11-12-35(15-20)30(41)25-14-33-17-44-25)26(19)23(36)16-37-28(39)21-7-3-4-8-22(21)29(37)40/h3-9,14,17-18,20,23H,10-13,15-16H2,1-2H3,(H2,32,34,42)/t18?,20?,23-/m1/s1. The van der Waals surface area contributed by atoms with Gasteiger partial charge in [-0.1, -0.05) is 24.3 Å². The molecule has 44 heavy (non-hydrogen) atoms. The van der Waals surface area contributed by atoms with E-state index in [1.165, 1.54) is 23.3 Å². The molecule has 3 aromatic rings. The summed E-state index contributed by atoms with van der Waals surface area (Å²) in [5, 5.41) is 5.10. The van der Waals surface area contributed by atoms with Gasteiger partial charge >= 0.3 is 6.03 Å². The van der Waals surface area contributed by atoms with Gasteiger partial charge in [0, 0.05) is 32.1 Å². The van der Waals surface area contributed by atoms with Crippen molar-refractivity contribution >= 4 is 41.0 Å². The summed E-state index contributed by atoms with van der Waals surface area (Å²) in [7, 11) is 1.47. The zero-order valence-corrected chi connectivity index (χ0v) is 25.1. The molecule has 1 saturated heterocycles. The van der Waals surface area contributed by atoms with Gasteiger partial charge in [0.05, 0.1) is 42.0 Å². The Kier molecular flexibility index (Phi) is 8.04. The molecule has 0 aliphatic carbocycles. The number of benzene rings is 2. The Balaban J connectivity index is 1.31. The van der Waals surface area contributed by atoms with Crippen molar-refractivity contribution in [3.63, 3.8) is 0 Å². The minimum Gasteiger partial charge on any atom is -0.488 e. The fraction of sp³-hybridized carbons (Fsp3) is 0.355. The molecule has 2 unspecified atom stereocenters. The summed E-state index contributed by atoms with van der Waals surface area (Å²) in [6, 6.07) is 10.2. The van der Waals surface area contributed by atoms with Gasteiger partial charge in [0.2, 0.25) is 5.91 Å². The number of imide groups is 1. The minimum absolute atomic E-state index is 0.0845. The number of ether oxygens (including phenoxy) is 1. The maximum absolute atomic E-state index is 13.8. The van der Waals surface area contributed by atoms with Crippen molar-refractivity contribution < 1.29 is 28.7 Å². The minimum atomic E-state index is -0.865. The van der Waals surface area contributed by atoms with Crippen molar-refractivity contribution in [3.8, 4) is 5.75 Å². The van der Waals surface area contributed by atoms with E-state index in [0.717, 1.165) is 5.56 Å². The number of amides is 6. The highest BCUT2D eigenvalue weighted by Crippen LogP contribution is 2.40. The van der Waals surface area contributed by atoms with Crippen molar-refractivity contribution in [1.82, 2.24) is 30.3 Å². The molecule has 13 heteroatoms. The summed E-state index contributed by atoms with van der Waals surface area (Å²) in [6.45, 7) is 2.76. The van der Waals surface area contributed by atoms with Crippen molar-refractivity contribution in [3.05, 3.63) is 81.3 Å². The average molecular weight is 617 g/mol. The van der Waals surface area contributed by atoms with Gasteiger partial charge in [0.1, 0.15) is 22.8 Å². The summed E-state index contributed by atoms with van der Waals surface area (Å²) in [5.74, 6) is -0.754. The number of rotatable bonds is 7. The fourth-order valence-corrected chi connectivity index (χ4v) is 6.70. The SMILES string of the molecule is CNC(=O)NC(C)C(=O)N1CCc2cccc(OC3CCN(C(=O)c4cncs4)C3)c2[C@H]1CN1C(=O)c2ccccc2C1=O. The van der Waals surface area contributed by atoms with E-state index in [1.54, 1.807) is 52.7 Å². The number of nitrogens with one attached hydrogen (secondary N) is 2. The van der Waals surface area contributed by atoms with Crippen LogP contribution in [0.5, 0.6) is 5.75 Å². The molecule has 228 valence electrons. The molecule has 6 rings (SSSR count). The summed E-state index contributed by atoms with van der Waals surface area (Å²) >= 11 is 1.29. The lowest BCUT2D eigenvalue weighted by molar-refractivity contribution is -0.136. The van der Waals surface area contributed by atoms with E-state index < -0.39 is 29.9 Å². The molecule has 2 aromatic carbocycles. The van der Waals surface area contributed by atoms with Crippen LogP contribution in [0.2, 0.25) is 0 Å². The quantitative estimate of drug-likeness (QED) is 0.389. The normalized spacial score (nSPS) is 19.8. The Morgan fingerprint density at radius 2 is 1.82 bits per heavy atom. The van der Waals surface area contributed by atoms with Crippen LogP contribution in [0, 0.1) is 0 Å². The van der Waals surface area contributed by atoms with Gasteiger partial charge in [0.25, 0.3) is 17.7 Å². The van der Waals surface area contributed by atoms with Crippen LogP contribution in [0.1, 0.15) is 60.9 Å². The van der Waals surface area contributed by atoms with Crippen molar-refractivity contribution in [2.24, 2.45) is 0 Å². The van der Waals surface area contributed by atoms with E-state index in [2.05, 4.69) is 15.6 Å². The molecule has 0 spiro atoms. The highest BCUT2D eigenvalue weighted by atomic mass is 32.1. The first-order chi connectivity index (χ1) is 21.3. The van der Waals surface area contributed by atoms with Gasteiger partial charge < -0.3 is 25.2 Å². The molecule has 3 aliphatic rings. The molecule has 12 nitrogen and oxygen atoms in total. The Bertz CT molecular complexity index is 1590. The van der Waals surface area contributed by atoms with Crippen LogP contribution in [0.15, 0.2) is 54.2 Å². The highest BCUT2D eigenvalue weighted by molar-refractivity contribution is 7.11. The van der Waals surface area contributed by atoms with Gasteiger partial charge in [-0.05, 0) is 37.1 Å². The molecule has 0 bridgehead atoms. The average Bonchev–Trinajstić information content (AvgIpc) is 3.79. The van der Waals surface area contributed by atoms with E-state index in [9.17, 15) is 24.0 Å². The molecule has 0 saturated carbocycles. The van der Waals surface area contributed by atoms with Gasteiger partial charge in [-0.15, -0.1) is 11.3 Å². The first-order valence-corrected chi connectivity index (χ1v) is 15.3. The Labute approximate surface area is 258 Å². The first kappa shape index (κ1) is 29.3. The van der Waals surface area contributed by atoms with Crippen LogP contribution >= 0.6 is 11.3 Å². The second kappa shape index (κ2) is 12.1. The number of carbonyl (C=O) groups is 5. The number of hydrogen-bond donors (Lipinski definition) is 2. The predicted molar refractivity (Wildman–Crippen MR) is 161 cm³/mol. The zero-order valence-electron chi connectivity index (χ0n) is 24.3. The van der Waals surface area contributed by atoms with Crippen LogP contribution in [-0.2, 0) is 11.2 Å². The lowest BCUT2D eigenvalue weighted by Gasteiger charge is -2.41. The number of urea groups is 1. The number of hydrogen-bond acceptors (Lipinski definition) is 8. The van der Waals surface area contributed by atoms with Gasteiger partial charge in [-0.2, -0.15) is 0 Å². The first-order valence-electron chi connectivity index (χ1n) is 14.5.